The normalized spacial score (nSPS) is 13.4. The van der Waals surface area contributed by atoms with E-state index in [9.17, 15) is 4.79 Å². The number of H-pyrrole nitrogens is 1. The molecule has 0 aliphatic heterocycles. The Morgan fingerprint density at radius 1 is 1.27 bits per heavy atom. The number of aromatic amines is 1. The van der Waals surface area contributed by atoms with Crippen LogP contribution in [0.3, 0.4) is 0 Å². The molecule has 0 radical (unpaired) electrons. The average molecular weight is 423 g/mol. The van der Waals surface area contributed by atoms with Crippen LogP contribution in [0.1, 0.15) is 30.4 Å². The summed E-state index contributed by atoms with van der Waals surface area (Å²) >= 11 is 5.36. The lowest BCUT2D eigenvalue weighted by atomic mass is 10.1. The Hall–Kier alpha value is -2.77. The molecule has 4 rings (SSSR count). The van der Waals surface area contributed by atoms with Crippen molar-refractivity contribution in [2.45, 2.75) is 39.3 Å². The summed E-state index contributed by atoms with van der Waals surface area (Å²) in [6, 6.07) is 15.9. The number of hydrogen-bond acceptors (Lipinski definition) is 4. The van der Waals surface area contributed by atoms with Gasteiger partial charge in [-0.3, -0.25) is 14.5 Å². The van der Waals surface area contributed by atoms with Crippen LogP contribution in [0.2, 0.25) is 0 Å². The van der Waals surface area contributed by atoms with E-state index in [1.54, 1.807) is 0 Å². The van der Waals surface area contributed by atoms with Crippen molar-refractivity contribution in [1.29, 1.82) is 0 Å². The maximum absolute atomic E-state index is 12.5. The lowest BCUT2D eigenvalue weighted by molar-refractivity contribution is -0.116. The summed E-state index contributed by atoms with van der Waals surface area (Å²) in [7, 11) is 0. The lowest BCUT2D eigenvalue weighted by Gasteiger charge is -2.10. The van der Waals surface area contributed by atoms with Gasteiger partial charge in [0.1, 0.15) is 0 Å². The fraction of sp³-hybridized carbons (Fsp3) is 0.348. The second-order valence-electron chi connectivity index (χ2n) is 7.83. The van der Waals surface area contributed by atoms with E-state index in [2.05, 4.69) is 15.5 Å². The molecule has 2 N–H and O–H groups in total. The molecule has 0 unspecified atom stereocenters. The maximum atomic E-state index is 12.5. The van der Waals surface area contributed by atoms with Crippen molar-refractivity contribution in [2.24, 2.45) is 5.92 Å². The van der Waals surface area contributed by atoms with Crippen LogP contribution in [0.25, 0.3) is 11.4 Å². The molecule has 0 atom stereocenters. The molecule has 1 aromatic heterocycles. The first-order valence-corrected chi connectivity index (χ1v) is 10.7. The quantitative estimate of drug-likeness (QED) is 0.483. The van der Waals surface area contributed by atoms with Crippen LogP contribution in [0.15, 0.2) is 48.5 Å². The molecular formula is C23H26N4O2S. The van der Waals surface area contributed by atoms with Crippen molar-refractivity contribution in [3.63, 3.8) is 0 Å². The molecule has 3 aromatic rings. The summed E-state index contributed by atoms with van der Waals surface area (Å²) < 4.78 is 8.11. The van der Waals surface area contributed by atoms with Crippen LogP contribution in [0.4, 0.5) is 5.69 Å². The van der Waals surface area contributed by atoms with Crippen LogP contribution in [0.5, 0.6) is 0 Å². The number of benzene rings is 2. The number of rotatable bonds is 9. The Labute approximate surface area is 181 Å². The van der Waals surface area contributed by atoms with E-state index in [-0.39, 0.29) is 5.91 Å². The molecule has 1 aliphatic carbocycles. The Balaban J connectivity index is 1.34. The van der Waals surface area contributed by atoms with Gasteiger partial charge in [0.05, 0.1) is 6.61 Å². The predicted molar refractivity (Wildman–Crippen MR) is 120 cm³/mol. The molecule has 1 saturated carbocycles. The van der Waals surface area contributed by atoms with Crippen molar-refractivity contribution in [1.82, 2.24) is 14.8 Å². The van der Waals surface area contributed by atoms with Crippen LogP contribution in [-0.4, -0.2) is 27.3 Å². The number of nitrogens with zero attached hydrogens (tertiary/aromatic N) is 2. The van der Waals surface area contributed by atoms with Gasteiger partial charge in [0, 0.05) is 30.8 Å². The van der Waals surface area contributed by atoms with Gasteiger partial charge >= 0.3 is 0 Å². The zero-order chi connectivity index (χ0) is 20.9. The number of nitrogens with one attached hydrogen (secondary N) is 2. The predicted octanol–water partition coefficient (Wildman–Crippen LogP) is 4.87. The van der Waals surface area contributed by atoms with Crippen LogP contribution in [-0.2, 0) is 22.7 Å². The Kier molecular flexibility index (Phi) is 6.40. The van der Waals surface area contributed by atoms with Gasteiger partial charge in [0.2, 0.25) is 5.91 Å². The summed E-state index contributed by atoms with van der Waals surface area (Å²) in [5.41, 5.74) is 3.99. The van der Waals surface area contributed by atoms with Gasteiger partial charge in [-0.05, 0) is 55.6 Å². The maximum Gasteiger partial charge on any atom is 0.226 e. The highest BCUT2D eigenvalue weighted by molar-refractivity contribution is 7.71. The van der Waals surface area contributed by atoms with E-state index >= 15 is 0 Å². The van der Waals surface area contributed by atoms with E-state index in [1.165, 1.54) is 18.4 Å². The van der Waals surface area contributed by atoms with Crippen molar-refractivity contribution in [3.05, 3.63) is 64.4 Å². The molecule has 30 heavy (non-hydrogen) atoms. The molecule has 0 spiro atoms. The molecule has 1 aliphatic rings. The second kappa shape index (κ2) is 9.36. The first kappa shape index (κ1) is 20.5. The van der Waals surface area contributed by atoms with E-state index in [1.807, 2.05) is 60.0 Å². The summed E-state index contributed by atoms with van der Waals surface area (Å²) in [6.45, 7) is 3.89. The molecular weight excluding hydrogens is 396 g/mol. The van der Waals surface area contributed by atoms with Gasteiger partial charge in [-0.15, -0.1) is 0 Å². The van der Waals surface area contributed by atoms with Crippen LogP contribution < -0.4 is 5.32 Å². The first-order chi connectivity index (χ1) is 14.6. The third kappa shape index (κ3) is 5.43. The second-order valence-corrected chi connectivity index (χ2v) is 8.21. The number of hydrogen-bond donors (Lipinski definition) is 2. The summed E-state index contributed by atoms with van der Waals surface area (Å²) in [5, 5.41) is 10.1. The van der Waals surface area contributed by atoms with E-state index in [4.69, 9.17) is 17.0 Å². The molecule has 6 nitrogen and oxygen atoms in total. The third-order valence-corrected chi connectivity index (χ3v) is 5.47. The first-order valence-electron chi connectivity index (χ1n) is 10.3. The highest BCUT2D eigenvalue weighted by Crippen LogP contribution is 2.29. The van der Waals surface area contributed by atoms with Crippen molar-refractivity contribution in [2.75, 3.05) is 11.9 Å². The Bertz CT molecular complexity index is 1070. The molecule has 1 heterocycles. The van der Waals surface area contributed by atoms with E-state index in [0.717, 1.165) is 35.2 Å². The number of carbonyl (C=O) groups is 1. The number of ether oxygens (including phenoxy) is 1. The highest BCUT2D eigenvalue weighted by Gasteiger charge is 2.21. The van der Waals surface area contributed by atoms with Gasteiger partial charge in [0.25, 0.3) is 0 Å². The van der Waals surface area contributed by atoms with Crippen LogP contribution >= 0.6 is 12.2 Å². The number of anilines is 1. The fourth-order valence-electron chi connectivity index (χ4n) is 3.25. The van der Waals surface area contributed by atoms with Gasteiger partial charge in [-0.2, -0.15) is 5.10 Å². The van der Waals surface area contributed by atoms with E-state index in [0.29, 0.717) is 24.3 Å². The minimum atomic E-state index is -0.0657. The van der Waals surface area contributed by atoms with Crippen molar-refractivity contribution >= 4 is 23.8 Å². The third-order valence-electron chi connectivity index (χ3n) is 5.16. The largest absolute Gasteiger partial charge is 0.376 e. The molecule has 156 valence electrons. The highest BCUT2D eigenvalue weighted by atomic mass is 32.1. The monoisotopic (exact) mass is 422 g/mol. The minimum absolute atomic E-state index is 0.0657. The lowest BCUT2D eigenvalue weighted by Crippen LogP contribution is -2.15. The SMILES string of the molecule is Cc1ccc(-c2n[nH]c(=S)n2CCC(=O)Nc2cccc(COCC3CC3)c2)cc1. The Morgan fingerprint density at radius 2 is 2.07 bits per heavy atom. The van der Waals surface area contributed by atoms with Crippen molar-refractivity contribution < 1.29 is 9.53 Å². The van der Waals surface area contributed by atoms with Crippen LogP contribution in [0, 0.1) is 17.6 Å². The number of aromatic nitrogens is 3. The van der Waals surface area contributed by atoms with Gasteiger partial charge in [-0.25, -0.2) is 0 Å². The molecule has 0 saturated heterocycles. The van der Waals surface area contributed by atoms with Gasteiger partial charge in [-0.1, -0.05) is 42.0 Å². The minimum Gasteiger partial charge on any atom is -0.376 e. The van der Waals surface area contributed by atoms with Gasteiger partial charge in [0.15, 0.2) is 10.6 Å². The molecule has 7 heteroatoms. The smallest absolute Gasteiger partial charge is 0.226 e. The molecule has 1 amide bonds. The van der Waals surface area contributed by atoms with Gasteiger partial charge < -0.3 is 10.1 Å². The molecule has 0 bridgehead atoms. The summed E-state index contributed by atoms with van der Waals surface area (Å²) in [6.07, 6.45) is 2.86. The number of carbonyl (C=O) groups excluding carboxylic acids is 1. The standard InChI is InChI=1S/C23H26N4O2S/c1-16-5-9-19(10-6-16)22-25-26-23(30)27(22)12-11-21(28)24-20-4-2-3-18(13-20)15-29-14-17-7-8-17/h2-6,9-10,13,17H,7-8,11-12,14-15H2,1H3,(H,24,28)(H,26,30). The van der Waals surface area contributed by atoms with Crippen molar-refractivity contribution in [3.8, 4) is 11.4 Å². The average Bonchev–Trinajstić information content (AvgIpc) is 3.48. The zero-order valence-electron chi connectivity index (χ0n) is 17.1. The fourth-order valence-corrected chi connectivity index (χ4v) is 3.48. The van der Waals surface area contributed by atoms with E-state index < -0.39 is 0 Å². The summed E-state index contributed by atoms with van der Waals surface area (Å²) in [5.74, 6) is 1.42. The zero-order valence-corrected chi connectivity index (χ0v) is 17.9. The Morgan fingerprint density at radius 3 is 2.83 bits per heavy atom. The molecule has 2 aromatic carbocycles. The molecule has 1 fully saturated rings. The summed E-state index contributed by atoms with van der Waals surface area (Å²) in [4.78, 5) is 12.5. The number of amides is 1. The topological polar surface area (TPSA) is 71.9 Å². The number of aryl methyl sites for hydroxylation is 1.